The van der Waals surface area contributed by atoms with Crippen molar-refractivity contribution in [1.82, 2.24) is 5.32 Å². The lowest BCUT2D eigenvalue weighted by molar-refractivity contribution is 0.133. The largest absolute Gasteiger partial charge is 0.379 e. The van der Waals surface area contributed by atoms with E-state index in [1.54, 1.807) is 7.05 Å². The maximum atomic E-state index is 9.05. The lowest BCUT2D eigenvalue weighted by Crippen LogP contribution is -2.23. The summed E-state index contributed by atoms with van der Waals surface area (Å²) in [6.07, 6.45) is 5.52. The van der Waals surface area contributed by atoms with Crippen molar-refractivity contribution in [2.75, 3.05) is 7.05 Å². The molecular formula is C8H19NO. The summed E-state index contributed by atoms with van der Waals surface area (Å²) in [5.74, 6) is 0. The van der Waals surface area contributed by atoms with Gasteiger partial charge in [0.15, 0.2) is 0 Å². The van der Waals surface area contributed by atoms with Crippen LogP contribution >= 0.6 is 0 Å². The molecule has 0 heterocycles. The summed E-state index contributed by atoms with van der Waals surface area (Å²) in [4.78, 5) is 0. The summed E-state index contributed by atoms with van der Waals surface area (Å²) in [7, 11) is 1.78. The molecule has 0 spiro atoms. The Morgan fingerprint density at radius 3 is 2.50 bits per heavy atom. The SMILES string of the molecule is CCCCCCC(O)NC. The molecule has 2 heteroatoms. The molecule has 0 rings (SSSR count). The van der Waals surface area contributed by atoms with Gasteiger partial charge < -0.3 is 5.11 Å². The molecule has 0 aliphatic heterocycles. The van der Waals surface area contributed by atoms with Crippen LogP contribution in [-0.2, 0) is 0 Å². The molecule has 10 heavy (non-hydrogen) atoms. The Hall–Kier alpha value is -0.0800. The number of hydrogen-bond donors (Lipinski definition) is 2. The Balaban J connectivity index is 2.89. The number of aliphatic hydroxyl groups is 1. The van der Waals surface area contributed by atoms with E-state index in [4.69, 9.17) is 5.11 Å². The quantitative estimate of drug-likeness (QED) is 0.438. The third-order valence-corrected chi connectivity index (χ3v) is 1.66. The van der Waals surface area contributed by atoms with Crippen LogP contribution < -0.4 is 5.32 Å². The number of nitrogens with one attached hydrogen (secondary N) is 1. The van der Waals surface area contributed by atoms with Gasteiger partial charge in [-0.25, -0.2) is 0 Å². The van der Waals surface area contributed by atoms with Crippen LogP contribution in [0.4, 0.5) is 0 Å². The normalized spacial score (nSPS) is 13.5. The van der Waals surface area contributed by atoms with Crippen molar-refractivity contribution in [2.45, 2.75) is 45.3 Å². The smallest absolute Gasteiger partial charge is 0.104 e. The molecule has 0 radical (unpaired) electrons. The summed E-state index contributed by atoms with van der Waals surface area (Å²) >= 11 is 0. The number of rotatable bonds is 6. The van der Waals surface area contributed by atoms with Crippen molar-refractivity contribution < 1.29 is 5.11 Å². The van der Waals surface area contributed by atoms with E-state index >= 15 is 0 Å². The van der Waals surface area contributed by atoms with Gasteiger partial charge in [0.05, 0.1) is 0 Å². The predicted molar refractivity (Wildman–Crippen MR) is 43.8 cm³/mol. The first-order valence-corrected chi connectivity index (χ1v) is 4.16. The van der Waals surface area contributed by atoms with Gasteiger partial charge in [-0.15, -0.1) is 0 Å². The van der Waals surface area contributed by atoms with Gasteiger partial charge in [0.25, 0.3) is 0 Å². The molecule has 62 valence electrons. The second-order valence-electron chi connectivity index (χ2n) is 2.65. The highest BCUT2D eigenvalue weighted by Gasteiger charge is 1.97. The monoisotopic (exact) mass is 145 g/mol. The Labute approximate surface area is 63.6 Å². The molecule has 0 saturated heterocycles. The average Bonchev–Trinajstić information content (AvgIpc) is 1.98. The summed E-state index contributed by atoms with van der Waals surface area (Å²) in [6, 6.07) is 0. The first-order valence-electron chi connectivity index (χ1n) is 4.16. The van der Waals surface area contributed by atoms with Gasteiger partial charge in [-0.05, 0) is 19.9 Å². The molecule has 1 unspecified atom stereocenters. The van der Waals surface area contributed by atoms with Crippen LogP contribution in [0.3, 0.4) is 0 Å². The van der Waals surface area contributed by atoms with Crippen LogP contribution in [0.25, 0.3) is 0 Å². The maximum absolute atomic E-state index is 9.05. The van der Waals surface area contributed by atoms with E-state index in [-0.39, 0.29) is 6.23 Å². The second-order valence-corrected chi connectivity index (χ2v) is 2.65. The minimum absolute atomic E-state index is 0.295. The van der Waals surface area contributed by atoms with Gasteiger partial charge in [-0.3, -0.25) is 5.32 Å². The van der Waals surface area contributed by atoms with Gasteiger partial charge in [-0.2, -0.15) is 0 Å². The van der Waals surface area contributed by atoms with E-state index in [0.717, 1.165) is 12.8 Å². The van der Waals surface area contributed by atoms with Gasteiger partial charge in [0.1, 0.15) is 6.23 Å². The Bertz CT molecular complexity index is 66.3. The van der Waals surface area contributed by atoms with Crippen molar-refractivity contribution in [3.63, 3.8) is 0 Å². The van der Waals surface area contributed by atoms with Crippen LogP contribution in [0, 0.1) is 0 Å². The topological polar surface area (TPSA) is 32.3 Å². The predicted octanol–water partition coefficient (Wildman–Crippen LogP) is 1.49. The Kier molecular flexibility index (Phi) is 6.98. The average molecular weight is 145 g/mol. The van der Waals surface area contributed by atoms with Gasteiger partial charge >= 0.3 is 0 Å². The number of unbranched alkanes of at least 4 members (excludes halogenated alkanes) is 3. The minimum atomic E-state index is -0.295. The molecular weight excluding hydrogens is 126 g/mol. The van der Waals surface area contributed by atoms with E-state index in [9.17, 15) is 0 Å². The van der Waals surface area contributed by atoms with E-state index in [1.807, 2.05) is 0 Å². The van der Waals surface area contributed by atoms with E-state index in [2.05, 4.69) is 12.2 Å². The fourth-order valence-corrected chi connectivity index (χ4v) is 0.909. The van der Waals surface area contributed by atoms with Crippen LogP contribution in [-0.4, -0.2) is 18.4 Å². The molecule has 2 N–H and O–H groups in total. The van der Waals surface area contributed by atoms with E-state index < -0.39 is 0 Å². The molecule has 0 aromatic carbocycles. The molecule has 0 bridgehead atoms. The van der Waals surface area contributed by atoms with Crippen molar-refractivity contribution in [2.24, 2.45) is 0 Å². The first kappa shape index (κ1) is 9.92. The summed E-state index contributed by atoms with van der Waals surface area (Å²) in [6.45, 7) is 2.19. The highest BCUT2D eigenvalue weighted by molar-refractivity contribution is 4.49. The van der Waals surface area contributed by atoms with Crippen LogP contribution in [0.15, 0.2) is 0 Å². The lowest BCUT2D eigenvalue weighted by Gasteiger charge is -2.07. The Morgan fingerprint density at radius 1 is 1.30 bits per heavy atom. The standard InChI is InChI=1S/C8H19NO/c1-3-4-5-6-7-8(10)9-2/h8-10H,3-7H2,1-2H3. The zero-order chi connectivity index (χ0) is 7.82. The summed E-state index contributed by atoms with van der Waals surface area (Å²) < 4.78 is 0. The Morgan fingerprint density at radius 2 is 2.00 bits per heavy atom. The molecule has 0 aliphatic carbocycles. The van der Waals surface area contributed by atoms with Crippen LogP contribution in [0.5, 0.6) is 0 Å². The maximum Gasteiger partial charge on any atom is 0.104 e. The molecule has 0 aromatic heterocycles. The zero-order valence-corrected chi connectivity index (χ0v) is 7.06. The summed E-state index contributed by atoms with van der Waals surface area (Å²) in [5.41, 5.74) is 0. The van der Waals surface area contributed by atoms with Gasteiger partial charge in [0.2, 0.25) is 0 Å². The number of aliphatic hydroxyl groups excluding tert-OH is 1. The third-order valence-electron chi connectivity index (χ3n) is 1.66. The highest BCUT2D eigenvalue weighted by Crippen LogP contribution is 2.03. The molecule has 0 amide bonds. The van der Waals surface area contributed by atoms with Gasteiger partial charge in [0, 0.05) is 0 Å². The van der Waals surface area contributed by atoms with Crippen molar-refractivity contribution in [3.05, 3.63) is 0 Å². The van der Waals surface area contributed by atoms with Crippen molar-refractivity contribution >= 4 is 0 Å². The molecule has 0 fully saturated rings. The zero-order valence-electron chi connectivity index (χ0n) is 7.06. The summed E-state index contributed by atoms with van der Waals surface area (Å²) in [5, 5.41) is 11.8. The third kappa shape index (κ3) is 6.05. The molecule has 2 nitrogen and oxygen atoms in total. The van der Waals surface area contributed by atoms with Gasteiger partial charge in [-0.1, -0.05) is 26.2 Å². The van der Waals surface area contributed by atoms with Crippen molar-refractivity contribution in [1.29, 1.82) is 0 Å². The van der Waals surface area contributed by atoms with E-state index in [1.165, 1.54) is 19.3 Å². The van der Waals surface area contributed by atoms with Crippen LogP contribution in [0.1, 0.15) is 39.0 Å². The van der Waals surface area contributed by atoms with Crippen molar-refractivity contribution in [3.8, 4) is 0 Å². The fourth-order valence-electron chi connectivity index (χ4n) is 0.909. The second kappa shape index (κ2) is 7.03. The molecule has 1 atom stereocenters. The number of hydrogen-bond acceptors (Lipinski definition) is 2. The highest BCUT2D eigenvalue weighted by atomic mass is 16.3. The van der Waals surface area contributed by atoms with E-state index in [0.29, 0.717) is 0 Å². The first-order chi connectivity index (χ1) is 4.81. The molecule has 0 aliphatic rings. The van der Waals surface area contributed by atoms with Crippen LogP contribution in [0.2, 0.25) is 0 Å². The molecule has 0 saturated carbocycles. The fraction of sp³-hybridized carbons (Fsp3) is 1.00. The minimum Gasteiger partial charge on any atom is -0.379 e. The molecule has 0 aromatic rings. The lowest BCUT2D eigenvalue weighted by atomic mass is 10.1.